The third-order valence-electron chi connectivity index (χ3n) is 8.40. The Hall–Kier alpha value is -1.50. The number of nitrogens with one attached hydrogen (secondary N) is 2. The van der Waals surface area contributed by atoms with Gasteiger partial charge in [-0.2, -0.15) is 0 Å². The molecule has 1 aromatic heterocycles. The molecule has 0 saturated carbocycles. The maximum atomic E-state index is 12.5. The minimum absolute atomic E-state index is 0. The summed E-state index contributed by atoms with van der Waals surface area (Å²) in [6.45, 7) is 2.88. The van der Waals surface area contributed by atoms with Crippen molar-refractivity contribution in [2.45, 2.75) is 135 Å². The molecule has 1 aromatic carbocycles. The Morgan fingerprint density at radius 2 is 1.39 bits per heavy atom. The fraction of sp³-hybridized carbons (Fsp3) is 0.722. The van der Waals surface area contributed by atoms with Crippen LogP contribution in [0, 0.1) is 0 Å². The predicted octanol–water partition coefficient (Wildman–Crippen LogP) is 9.10. The van der Waals surface area contributed by atoms with Crippen LogP contribution in [0.15, 0.2) is 36.5 Å². The van der Waals surface area contributed by atoms with Crippen LogP contribution in [0.3, 0.4) is 0 Å². The number of halogens is 1. The first-order valence-corrected chi connectivity index (χ1v) is 19.3. The average Bonchev–Trinajstić information content (AvgIpc) is 3.04. The van der Waals surface area contributed by atoms with E-state index in [1.807, 2.05) is 24.3 Å². The van der Waals surface area contributed by atoms with E-state index < -0.39 is 22.2 Å². The third-order valence-corrected chi connectivity index (χ3v) is 9.83. The lowest BCUT2D eigenvalue weighted by atomic mass is 10.0. The second-order valence-electron chi connectivity index (χ2n) is 12.3. The van der Waals surface area contributed by atoms with Crippen molar-refractivity contribution in [1.82, 2.24) is 15.0 Å². The lowest BCUT2D eigenvalue weighted by Crippen LogP contribution is -2.38. The SMILES string of the molecule is CCCCCCCCCCCCCCCCCCNC(=O)OCC(CNS(=O)(=O)CCCCc1nccc2ccccc12)OC.I. The molecule has 1 unspecified atom stereocenters. The number of carbonyl (C=O) groups excluding carboxylic acids is 1. The normalized spacial score (nSPS) is 12.1. The number of rotatable bonds is 28. The smallest absolute Gasteiger partial charge is 0.407 e. The number of carbonyl (C=O) groups is 1. The molecule has 8 nitrogen and oxygen atoms in total. The van der Waals surface area contributed by atoms with Gasteiger partial charge in [0, 0.05) is 37.5 Å². The van der Waals surface area contributed by atoms with Crippen LogP contribution in [0.4, 0.5) is 4.79 Å². The summed E-state index contributed by atoms with van der Waals surface area (Å²) in [4.78, 5) is 16.5. The van der Waals surface area contributed by atoms with Crippen LogP contribution in [0.25, 0.3) is 10.8 Å². The molecule has 0 bridgehead atoms. The topological polar surface area (TPSA) is 107 Å². The van der Waals surface area contributed by atoms with Crippen molar-refractivity contribution < 1.29 is 22.7 Å². The largest absolute Gasteiger partial charge is 0.447 e. The molecule has 0 aliphatic rings. The van der Waals surface area contributed by atoms with Crippen LogP contribution >= 0.6 is 24.0 Å². The van der Waals surface area contributed by atoms with Crippen molar-refractivity contribution in [3.63, 3.8) is 0 Å². The van der Waals surface area contributed by atoms with Crippen molar-refractivity contribution in [2.24, 2.45) is 0 Å². The van der Waals surface area contributed by atoms with Crippen molar-refractivity contribution in [1.29, 1.82) is 0 Å². The van der Waals surface area contributed by atoms with E-state index in [1.165, 1.54) is 97.0 Å². The average molecular weight is 776 g/mol. The van der Waals surface area contributed by atoms with E-state index in [-0.39, 0.29) is 42.9 Å². The van der Waals surface area contributed by atoms with Gasteiger partial charge in [-0.15, -0.1) is 24.0 Å². The minimum Gasteiger partial charge on any atom is -0.447 e. The van der Waals surface area contributed by atoms with E-state index in [0.29, 0.717) is 13.0 Å². The van der Waals surface area contributed by atoms with Gasteiger partial charge in [0.05, 0.1) is 5.75 Å². The van der Waals surface area contributed by atoms with E-state index >= 15 is 0 Å². The molecule has 2 rings (SSSR count). The summed E-state index contributed by atoms with van der Waals surface area (Å²) < 4.78 is 38.1. The van der Waals surface area contributed by atoms with Gasteiger partial charge in [-0.3, -0.25) is 4.98 Å². The van der Waals surface area contributed by atoms with Gasteiger partial charge in [-0.1, -0.05) is 128 Å². The van der Waals surface area contributed by atoms with Gasteiger partial charge in [-0.25, -0.2) is 17.9 Å². The molecule has 1 amide bonds. The van der Waals surface area contributed by atoms with Crippen LogP contribution in [-0.4, -0.2) is 58.2 Å². The molecule has 46 heavy (non-hydrogen) atoms. The first-order chi connectivity index (χ1) is 21.9. The first kappa shape index (κ1) is 42.5. The summed E-state index contributed by atoms with van der Waals surface area (Å²) in [6.07, 6.45) is 23.7. The van der Waals surface area contributed by atoms with Gasteiger partial charge in [0.25, 0.3) is 0 Å². The zero-order valence-corrected chi connectivity index (χ0v) is 31.8. The summed E-state index contributed by atoms with van der Waals surface area (Å²) in [5.41, 5.74) is 0.989. The van der Waals surface area contributed by atoms with E-state index in [9.17, 15) is 13.2 Å². The maximum absolute atomic E-state index is 12.5. The second-order valence-corrected chi connectivity index (χ2v) is 14.2. The number of hydrogen-bond acceptors (Lipinski definition) is 6. The monoisotopic (exact) mass is 775 g/mol. The molecule has 0 spiro atoms. The van der Waals surface area contributed by atoms with Crippen LogP contribution in [0.5, 0.6) is 0 Å². The van der Waals surface area contributed by atoms with Crippen molar-refractivity contribution in [2.75, 3.05) is 32.6 Å². The number of methoxy groups -OCH3 is 1. The number of unbranched alkanes of at least 4 members (excludes halogenated alkanes) is 16. The van der Waals surface area contributed by atoms with Crippen molar-refractivity contribution in [3.05, 3.63) is 42.2 Å². The maximum Gasteiger partial charge on any atom is 0.407 e. The quantitative estimate of drug-likeness (QED) is 0.0660. The Labute approximate surface area is 297 Å². The zero-order chi connectivity index (χ0) is 32.4. The molecular formula is C36H62IN3O5S. The van der Waals surface area contributed by atoms with Gasteiger partial charge in [0.2, 0.25) is 10.0 Å². The number of alkyl carbamates (subject to hydrolysis) is 1. The molecule has 0 radical (unpaired) electrons. The number of ether oxygens (including phenoxy) is 2. The van der Waals surface area contributed by atoms with Crippen molar-refractivity contribution >= 4 is 50.9 Å². The third kappa shape index (κ3) is 20.7. The number of amides is 1. The van der Waals surface area contributed by atoms with Gasteiger partial charge >= 0.3 is 6.09 Å². The highest BCUT2D eigenvalue weighted by Crippen LogP contribution is 2.18. The summed E-state index contributed by atoms with van der Waals surface area (Å²) >= 11 is 0. The van der Waals surface area contributed by atoms with E-state index in [0.717, 1.165) is 42.1 Å². The molecule has 2 aromatic rings. The zero-order valence-electron chi connectivity index (χ0n) is 28.6. The Morgan fingerprint density at radius 3 is 2.00 bits per heavy atom. The van der Waals surface area contributed by atoms with Crippen molar-refractivity contribution in [3.8, 4) is 0 Å². The number of benzene rings is 1. The Morgan fingerprint density at radius 1 is 0.804 bits per heavy atom. The number of nitrogens with zero attached hydrogens (tertiary/aromatic N) is 1. The van der Waals surface area contributed by atoms with Gasteiger partial charge in [-0.05, 0) is 37.1 Å². The lowest BCUT2D eigenvalue weighted by Gasteiger charge is -2.16. The molecule has 0 aliphatic carbocycles. The highest BCUT2D eigenvalue weighted by Gasteiger charge is 2.16. The van der Waals surface area contributed by atoms with Crippen LogP contribution in [0.1, 0.15) is 128 Å². The number of aryl methyl sites for hydroxylation is 1. The Bertz CT molecular complexity index is 1150. The summed E-state index contributed by atoms with van der Waals surface area (Å²) in [5, 5.41) is 5.03. The second kappa shape index (κ2) is 27.5. The molecular weight excluding hydrogens is 713 g/mol. The number of hydrogen-bond donors (Lipinski definition) is 2. The number of sulfonamides is 1. The Kier molecular flexibility index (Phi) is 25.4. The van der Waals surface area contributed by atoms with Gasteiger partial charge in [0.15, 0.2) is 0 Å². The minimum atomic E-state index is -3.47. The molecule has 10 heteroatoms. The fourth-order valence-corrected chi connectivity index (χ4v) is 6.72. The molecule has 264 valence electrons. The highest BCUT2D eigenvalue weighted by atomic mass is 127. The summed E-state index contributed by atoms with van der Waals surface area (Å²) in [6, 6.07) is 10.1. The molecule has 0 fully saturated rings. The van der Waals surface area contributed by atoms with Crippen LogP contribution in [-0.2, 0) is 25.9 Å². The van der Waals surface area contributed by atoms with E-state index in [1.54, 1.807) is 6.20 Å². The van der Waals surface area contributed by atoms with Gasteiger partial charge in [0.1, 0.15) is 12.7 Å². The molecule has 0 saturated heterocycles. The summed E-state index contributed by atoms with van der Waals surface area (Å²) in [7, 11) is -1.99. The number of aromatic nitrogens is 1. The van der Waals surface area contributed by atoms with E-state index in [4.69, 9.17) is 9.47 Å². The standard InChI is InChI=1S/C36H61N3O5S.HI/c1-3-4-5-6-7-8-9-10-11-12-13-14-15-16-17-21-27-38-36(40)44-31-33(43-2)30-39-45(41,42)29-22-20-25-35-34-24-19-18-23-32(34)26-28-37-35;/h18-19,23-24,26,28,33,39H,3-17,20-22,25,27,29-31H2,1-2H3,(H,38,40);1H. The van der Waals surface area contributed by atoms with Crippen LogP contribution in [0.2, 0.25) is 0 Å². The van der Waals surface area contributed by atoms with E-state index in [2.05, 4.69) is 28.0 Å². The van der Waals surface area contributed by atoms with Crippen LogP contribution < -0.4 is 10.0 Å². The molecule has 2 N–H and O–H groups in total. The highest BCUT2D eigenvalue weighted by molar-refractivity contribution is 14.0. The molecule has 1 atom stereocenters. The lowest BCUT2D eigenvalue weighted by molar-refractivity contribution is 0.0384. The Balaban J connectivity index is 0.0000106. The molecule has 1 heterocycles. The summed E-state index contributed by atoms with van der Waals surface area (Å²) in [5.74, 6) is 0.0227. The predicted molar refractivity (Wildman–Crippen MR) is 202 cm³/mol. The number of pyridine rings is 1. The molecule has 0 aliphatic heterocycles. The van der Waals surface area contributed by atoms with Gasteiger partial charge < -0.3 is 14.8 Å². The fourth-order valence-electron chi connectivity index (χ4n) is 5.55. The first-order valence-electron chi connectivity index (χ1n) is 17.7. The number of fused-ring (bicyclic) bond motifs is 1.